The molecule has 2 aromatic heterocycles. The summed E-state index contributed by atoms with van der Waals surface area (Å²) in [6.45, 7) is 1.34. The Kier molecular flexibility index (Phi) is 5.79. The van der Waals surface area contributed by atoms with Crippen molar-refractivity contribution in [1.29, 1.82) is 0 Å². The molecule has 0 aromatic carbocycles. The van der Waals surface area contributed by atoms with Gasteiger partial charge in [-0.15, -0.1) is 0 Å². The molecule has 1 saturated heterocycles. The van der Waals surface area contributed by atoms with Gasteiger partial charge in [0.15, 0.2) is 10.8 Å². The fourth-order valence-corrected chi connectivity index (χ4v) is 5.15. The lowest BCUT2D eigenvalue weighted by Gasteiger charge is -2.31. The highest BCUT2D eigenvalue weighted by Gasteiger charge is 2.27. The highest BCUT2D eigenvalue weighted by Crippen LogP contribution is 2.29. The molecule has 2 N–H and O–H groups in total. The molecular formula is C19H26N6O3S. The maximum absolute atomic E-state index is 12.8. The van der Waals surface area contributed by atoms with Gasteiger partial charge in [-0.05, 0) is 25.7 Å². The number of fused-ring (bicyclic) bond motifs is 1. The van der Waals surface area contributed by atoms with E-state index in [0.717, 1.165) is 45.1 Å². The third kappa shape index (κ3) is 4.26. The number of hydrogen-bond acceptors (Lipinski definition) is 7. The van der Waals surface area contributed by atoms with E-state index in [-0.39, 0.29) is 35.9 Å². The monoisotopic (exact) mass is 418 g/mol. The minimum atomic E-state index is -0.250. The summed E-state index contributed by atoms with van der Waals surface area (Å²) in [6, 6.07) is 0.220. The zero-order valence-electron chi connectivity index (χ0n) is 16.5. The first kappa shape index (κ1) is 19.8. The van der Waals surface area contributed by atoms with Gasteiger partial charge in [0.1, 0.15) is 17.6 Å². The molecule has 1 saturated carbocycles. The number of hydrogen-bond donors (Lipinski definition) is 2. The van der Waals surface area contributed by atoms with Crippen LogP contribution in [0, 0.1) is 5.92 Å². The topological polar surface area (TPSA) is 109 Å². The quantitative estimate of drug-likeness (QED) is 0.746. The summed E-state index contributed by atoms with van der Waals surface area (Å²) in [6.07, 6.45) is 7.42. The Bertz CT molecular complexity index is 964. The number of carbonyl (C=O) groups excluding carboxylic acids is 2. The van der Waals surface area contributed by atoms with Crippen LogP contribution in [0.25, 0.3) is 10.3 Å². The third-order valence-corrected chi connectivity index (χ3v) is 6.81. The molecule has 0 bridgehead atoms. The zero-order valence-corrected chi connectivity index (χ0v) is 17.3. The number of nitrogens with zero attached hydrogens (tertiary/aromatic N) is 4. The standard InChI is InChI=1S/C19H26N6O3S/c1-20-17(27)12-5-4-8-24(9-12)19-23-16-15(29-19)18(28)25(11-21-16)10-14(26)22-13-6-2-3-7-13/h11-13H,2-10H2,1H3,(H,20,27)(H,22,26)/t12-/m1/s1. The van der Waals surface area contributed by atoms with E-state index in [1.807, 2.05) is 4.90 Å². The van der Waals surface area contributed by atoms with Crippen LogP contribution in [0.5, 0.6) is 0 Å². The second kappa shape index (κ2) is 8.48. The zero-order chi connectivity index (χ0) is 20.4. The minimum Gasteiger partial charge on any atom is -0.359 e. The first-order valence-electron chi connectivity index (χ1n) is 10.2. The molecule has 10 heteroatoms. The maximum atomic E-state index is 12.8. The van der Waals surface area contributed by atoms with Crippen molar-refractivity contribution in [3.63, 3.8) is 0 Å². The van der Waals surface area contributed by atoms with Gasteiger partial charge in [0.25, 0.3) is 5.56 Å². The smallest absolute Gasteiger partial charge is 0.273 e. The van der Waals surface area contributed by atoms with Crippen molar-refractivity contribution in [3.05, 3.63) is 16.7 Å². The summed E-state index contributed by atoms with van der Waals surface area (Å²) in [5.41, 5.74) is 0.143. The van der Waals surface area contributed by atoms with Crippen molar-refractivity contribution in [1.82, 2.24) is 25.2 Å². The van der Waals surface area contributed by atoms with E-state index in [4.69, 9.17) is 0 Å². The van der Waals surface area contributed by atoms with Gasteiger partial charge in [-0.3, -0.25) is 19.0 Å². The summed E-state index contributed by atoms with van der Waals surface area (Å²) in [5.74, 6) is -0.205. The summed E-state index contributed by atoms with van der Waals surface area (Å²) in [5, 5.41) is 6.40. The maximum Gasteiger partial charge on any atom is 0.273 e. The number of anilines is 1. The van der Waals surface area contributed by atoms with E-state index >= 15 is 0 Å². The Morgan fingerprint density at radius 2 is 2.03 bits per heavy atom. The highest BCUT2D eigenvalue weighted by molar-refractivity contribution is 7.22. The molecule has 2 aliphatic rings. The van der Waals surface area contributed by atoms with Crippen LogP contribution in [-0.4, -0.2) is 52.5 Å². The summed E-state index contributed by atoms with van der Waals surface area (Å²) in [7, 11) is 1.65. The molecule has 29 heavy (non-hydrogen) atoms. The molecule has 9 nitrogen and oxygen atoms in total. The van der Waals surface area contributed by atoms with Crippen molar-refractivity contribution in [2.45, 2.75) is 51.1 Å². The van der Waals surface area contributed by atoms with Crippen LogP contribution in [0.3, 0.4) is 0 Å². The SMILES string of the molecule is CNC(=O)[C@@H]1CCCN(c2nc3ncn(CC(=O)NC4CCCC4)c(=O)c3s2)C1. The van der Waals surface area contributed by atoms with Gasteiger partial charge < -0.3 is 15.5 Å². The third-order valence-electron chi connectivity index (χ3n) is 5.72. The second-order valence-electron chi connectivity index (χ2n) is 7.78. The predicted molar refractivity (Wildman–Crippen MR) is 111 cm³/mol. The van der Waals surface area contributed by atoms with Crippen molar-refractivity contribution in [2.75, 3.05) is 25.0 Å². The van der Waals surface area contributed by atoms with Crippen LogP contribution >= 0.6 is 11.3 Å². The summed E-state index contributed by atoms with van der Waals surface area (Å²) >= 11 is 1.28. The number of nitrogens with one attached hydrogen (secondary N) is 2. The number of carbonyl (C=O) groups is 2. The van der Waals surface area contributed by atoms with Gasteiger partial charge >= 0.3 is 0 Å². The van der Waals surface area contributed by atoms with E-state index in [1.165, 1.54) is 22.2 Å². The Balaban J connectivity index is 1.50. The lowest BCUT2D eigenvalue weighted by Crippen LogP contribution is -2.42. The minimum absolute atomic E-state index is 0.0320. The van der Waals surface area contributed by atoms with Crippen LogP contribution in [0.1, 0.15) is 38.5 Å². The van der Waals surface area contributed by atoms with Crippen molar-refractivity contribution in [2.24, 2.45) is 5.92 Å². The van der Waals surface area contributed by atoms with Crippen LogP contribution in [0.2, 0.25) is 0 Å². The van der Waals surface area contributed by atoms with Crippen LogP contribution in [-0.2, 0) is 16.1 Å². The summed E-state index contributed by atoms with van der Waals surface area (Å²) in [4.78, 5) is 48.0. The highest BCUT2D eigenvalue weighted by atomic mass is 32.1. The van der Waals surface area contributed by atoms with Crippen molar-refractivity contribution < 1.29 is 9.59 Å². The molecule has 4 rings (SSSR count). The molecule has 2 amide bonds. The van der Waals surface area contributed by atoms with Gasteiger partial charge in [0.05, 0.1) is 5.92 Å². The lowest BCUT2D eigenvalue weighted by molar-refractivity contribution is -0.125. The molecule has 2 fully saturated rings. The fourth-order valence-electron chi connectivity index (χ4n) is 4.15. The number of aromatic nitrogens is 3. The Hall–Kier alpha value is -2.49. The van der Waals surface area contributed by atoms with Crippen molar-refractivity contribution in [3.8, 4) is 0 Å². The summed E-state index contributed by atoms with van der Waals surface area (Å²) < 4.78 is 1.79. The van der Waals surface area contributed by atoms with Crippen LogP contribution in [0.4, 0.5) is 5.13 Å². The van der Waals surface area contributed by atoms with E-state index in [0.29, 0.717) is 22.0 Å². The molecule has 1 atom stereocenters. The molecule has 156 valence electrons. The molecule has 0 radical (unpaired) electrons. The van der Waals surface area contributed by atoms with Gasteiger partial charge in [0, 0.05) is 26.2 Å². The normalized spacial score (nSPS) is 20.2. The van der Waals surface area contributed by atoms with Crippen LogP contribution < -0.4 is 21.1 Å². The van der Waals surface area contributed by atoms with Crippen LogP contribution in [0.15, 0.2) is 11.1 Å². The van der Waals surface area contributed by atoms with E-state index < -0.39 is 0 Å². The molecule has 2 aromatic rings. The molecular weight excluding hydrogens is 392 g/mol. The predicted octanol–water partition coefficient (Wildman–Crippen LogP) is 0.874. The van der Waals surface area contributed by atoms with Gasteiger partial charge in [-0.25, -0.2) is 4.98 Å². The Morgan fingerprint density at radius 3 is 2.79 bits per heavy atom. The van der Waals surface area contributed by atoms with E-state index in [2.05, 4.69) is 20.6 Å². The molecule has 0 unspecified atom stereocenters. The second-order valence-corrected chi connectivity index (χ2v) is 8.75. The first-order chi connectivity index (χ1) is 14.0. The number of piperidine rings is 1. The average molecular weight is 419 g/mol. The number of thiazole rings is 1. The van der Waals surface area contributed by atoms with E-state index in [1.54, 1.807) is 7.05 Å². The van der Waals surface area contributed by atoms with Gasteiger partial charge in [-0.2, -0.15) is 4.98 Å². The largest absolute Gasteiger partial charge is 0.359 e. The first-order valence-corrected chi connectivity index (χ1v) is 11.0. The average Bonchev–Trinajstić information content (AvgIpc) is 3.39. The molecule has 3 heterocycles. The Labute approximate surface area is 172 Å². The lowest BCUT2D eigenvalue weighted by atomic mass is 9.98. The van der Waals surface area contributed by atoms with Crippen molar-refractivity contribution >= 4 is 38.6 Å². The van der Waals surface area contributed by atoms with Gasteiger partial charge in [0.2, 0.25) is 11.8 Å². The fraction of sp³-hybridized carbons (Fsp3) is 0.632. The Morgan fingerprint density at radius 1 is 1.24 bits per heavy atom. The number of rotatable bonds is 5. The molecule has 1 aliphatic heterocycles. The van der Waals surface area contributed by atoms with Gasteiger partial charge in [-0.1, -0.05) is 24.2 Å². The molecule has 1 aliphatic carbocycles. The molecule has 0 spiro atoms. The number of amides is 2. The van der Waals surface area contributed by atoms with E-state index in [9.17, 15) is 14.4 Å².